The summed E-state index contributed by atoms with van der Waals surface area (Å²) in [6.07, 6.45) is 0. The van der Waals surface area contributed by atoms with E-state index in [1.807, 2.05) is 13.0 Å². The van der Waals surface area contributed by atoms with Gasteiger partial charge in [-0.25, -0.2) is 9.97 Å². The van der Waals surface area contributed by atoms with E-state index in [0.717, 1.165) is 22.2 Å². The molecule has 0 spiro atoms. The number of aromatic nitrogens is 2. The summed E-state index contributed by atoms with van der Waals surface area (Å²) in [6.45, 7) is 1.92. The molecule has 0 fully saturated rings. The largest absolute Gasteiger partial charge is 0.497 e. The monoisotopic (exact) mass is 223 g/mol. The highest BCUT2D eigenvalue weighted by molar-refractivity contribution is 6.28. The van der Waals surface area contributed by atoms with Crippen molar-refractivity contribution in [2.75, 3.05) is 12.8 Å². The summed E-state index contributed by atoms with van der Waals surface area (Å²) in [5.74, 6) is 1.10. The van der Waals surface area contributed by atoms with Gasteiger partial charge in [-0.05, 0) is 36.2 Å². The molecule has 1 heterocycles. The van der Waals surface area contributed by atoms with Gasteiger partial charge in [0.05, 0.1) is 12.6 Å². The lowest BCUT2D eigenvalue weighted by molar-refractivity contribution is 0.415. The zero-order chi connectivity index (χ0) is 11.0. The van der Waals surface area contributed by atoms with Gasteiger partial charge in [-0.2, -0.15) is 0 Å². The van der Waals surface area contributed by atoms with E-state index in [-0.39, 0.29) is 5.28 Å². The summed E-state index contributed by atoms with van der Waals surface area (Å²) in [5, 5.41) is 0.921. The van der Waals surface area contributed by atoms with Gasteiger partial charge in [0.25, 0.3) is 0 Å². The van der Waals surface area contributed by atoms with Crippen molar-refractivity contribution in [3.05, 3.63) is 23.0 Å². The predicted octanol–water partition coefficient (Wildman–Crippen LogP) is 2.18. The SMILES string of the molecule is COc1cc(C)c2nc(Cl)nc(N)c2c1. The normalized spacial score (nSPS) is 10.6. The minimum absolute atomic E-state index is 0.160. The number of benzene rings is 1. The summed E-state index contributed by atoms with van der Waals surface area (Å²) in [4.78, 5) is 8.03. The maximum absolute atomic E-state index is 5.76. The summed E-state index contributed by atoms with van der Waals surface area (Å²) in [7, 11) is 1.60. The Kier molecular flexibility index (Phi) is 2.36. The Morgan fingerprint density at radius 2 is 2.07 bits per heavy atom. The van der Waals surface area contributed by atoms with Crippen molar-refractivity contribution in [3.63, 3.8) is 0 Å². The van der Waals surface area contributed by atoms with Crippen LogP contribution in [0.4, 0.5) is 5.82 Å². The highest BCUT2D eigenvalue weighted by atomic mass is 35.5. The smallest absolute Gasteiger partial charge is 0.224 e. The third-order valence-corrected chi connectivity index (χ3v) is 2.37. The topological polar surface area (TPSA) is 61.0 Å². The van der Waals surface area contributed by atoms with Gasteiger partial charge in [-0.1, -0.05) is 0 Å². The van der Waals surface area contributed by atoms with Gasteiger partial charge in [-0.15, -0.1) is 0 Å². The van der Waals surface area contributed by atoms with Crippen LogP contribution in [0.2, 0.25) is 5.28 Å². The summed E-state index contributed by atoms with van der Waals surface area (Å²) < 4.78 is 5.14. The lowest BCUT2D eigenvalue weighted by atomic mass is 10.1. The minimum Gasteiger partial charge on any atom is -0.497 e. The Morgan fingerprint density at radius 3 is 2.73 bits per heavy atom. The van der Waals surface area contributed by atoms with Gasteiger partial charge < -0.3 is 10.5 Å². The van der Waals surface area contributed by atoms with Gasteiger partial charge in [0.1, 0.15) is 11.6 Å². The molecule has 0 aliphatic rings. The zero-order valence-electron chi connectivity index (χ0n) is 8.41. The first-order valence-electron chi connectivity index (χ1n) is 4.39. The fourth-order valence-electron chi connectivity index (χ4n) is 1.48. The van der Waals surface area contributed by atoms with Crippen LogP contribution in [0.3, 0.4) is 0 Å². The highest BCUT2D eigenvalue weighted by Gasteiger charge is 2.08. The van der Waals surface area contributed by atoms with Crippen molar-refractivity contribution in [1.29, 1.82) is 0 Å². The van der Waals surface area contributed by atoms with Crippen molar-refractivity contribution in [1.82, 2.24) is 9.97 Å². The number of hydrogen-bond donors (Lipinski definition) is 1. The predicted molar refractivity (Wildman–Crippen MR) is 60.2 cm³/mol. The lowest BCUT2D eigenvalue weighted by Gasteiger charge is -2.07. The molecule has 2 aromatic rings. The van der Waals surface area contributed by atoms with Crippen molar-refractivity contribution in [2.45, 2.75) is 6.92 Å². The molecule has 2 N–H and O–H groups in total. The van der Waals surface area contributed by atoms with Crippen LogP contribution in [-0.2, 0) is 0 Å². The summed E-state index contributed by atoms with van der Waals surface area (Å²) in [6, 6.07) is 3.68. The average molecular weight is 224 g/mol. The van der Waals surface area contributed by atoms with Gasteiger partial charge in [0, 0.05) is 5.39 Å². The molecule has 0 aliphatic heterocycles. The molecule has 0 saturated heterocycles. The second kappa shape index (κ2) is 3.55. The molecule has 15 heavy (non-hydrogen) atoms. The molecule has 0 radical (unpaired) electrons. The number of fused-ring (bicyclic) bond motifs is 1. The van der Waals surface area contributed by atoms with E-state index < -0.39 is 0 Å². The van der Waals surface area contributed by atoms with E-state index in [2.05, 4.69) is 9.97 Å². The van der Waals surface area contributed by atoms with Crippen LogP contribution >= 0.6 is 11.6 Å². The van der Waals surface area contributed by atoms with E-state index in [0.29, 0.717) is 5.82 Å². The van der Waals surface area contributed by atoms with Crippen LogP contribution in [0.5, 0.6) is 5.75 Å². The standard InChI is InChI=1S/C10H10ClN3O/c1-5-3-6(15-2)4-7-8(5)13-10(11)14-9(7)12/h3-4H,1-2H3,(H2,12,13,14). The van der Waals surface area contributed by atoms with Crippen molar-refractivity contribution in [2.24, 2.45) is 0 Å². The Balaban J connectivity index is 2.85. The fraction of sp³-hybridized carbons (Fsp3) is 0.200. The number of nitrogen functional groups attached to an aromatic ring is 1. The van der Waals surface area contributed by atoms with Gasteiger partial charge in [0.15, 0.2) is 0 Å². The van der Waals surface area contributed by atoms with Crippen molar-refractivity contribution in [3.8, 4) is 5.75 Å². The Labute approximate surface area is 92.0 Å². The third kappa shape index (κ3) is 1.68. The quantitative estimate of drug-likeness (QED) is 0.753. The second-order valence-corrected chi connectivity index (χ2v) is 3.56. The molecule has 0 atom stereocenters. The fourth-order valence-corrected chi connectivity index (χ4v) is 1.66. The molecule has 5 heteroatoms. The van der Waals surface area contributed by atoms with E-state index in [4.69, 9.17) is 22.1 Å². The van der Waals surface area contributed by atoms with Crippen LogP contribution in [0.15, 0.2) is 12.1 Å². The maximum Gasteiger partial charge on any atom is 0.224 e. The molecule has 0 saturated carbocycles. The van der Waals surface area contributed by atoms with Crippen LogP contribution in [0, 0.1) is 6.92 Å². The molecular formula is C10H10ClN3O. The molecule has 4 nitrogen and oxygen atoms in total. The number of ether oxygens (including phenoxy) is 1. The second-order valence-electron chi connectivity index (χ2n) is 3.22. The molecule has 0 unspecified atom stereocenters. The molecular weight excluding hydrogens is 214 g/mol. The first-order valence-corrected chi connectivity index (χ1v) is 4.77. The number of halogens is 1. The molecule has 0 aliphatic carbocycles. The maximum atomic E-state index is 5.76. The first kappa shape index (κ1) is 9.98. The molecule has 0 amide bonds. The van der Waals surface area contributed by atoms with Gasteiger partial charge in [0.2, 0.25) is 5.28 Å². The van der Waals surface area contributed by atoms with Crippen LogP contribution in [-0.4, -0.2) is 17.1 Å². The first-order chi connectivity index (χ1) is 7.11. The molecule has 78 valence electrons. The summed E-state index contributed by atoms with van der Waals surface area (Å²) >= 11 is 5.74. The van der Waals surface area contributed by atoms with Crippen LogP contribution in [0.1, 0.15) is 5.56 Å². The third-order valence-electron chi connectivity index (χ3n) is 2.20. The number of methoxy groups -OCH3 is 1. The summed E-state index contributed by atoms with van der Waals surface area (Å²) in [5.41, 5.74) is 7.47. The number of nitrogens with two attached hydrogens (primary N) is 1. The molecule has 1 aromatic heterocycles. The van der Waals surface area contributed by atoms with Gasteiger partial charge in [-0.3, -0.25) is 0 Å². The van der Waals surface area contributed by atoms with E-state index in [9.17, 15) is 0 Å². The number of rotatable bonds is 1. The Bertz CT molecular complexity index is 528. The van der Waals surface area contributed by atoms with E-state index >= 15 is 0 Å². The van der Waals surface area contributed by atoms with Crippen LogP contribution in [0.25, 0.3) is 10.9 Å². The van der Waals surface area contributed by atoms with E-state index in [1.165, 1.54) is 0 Å². The average Bonchev–Trinajstić information content (AvgIpc) is 2.19. The van der Waals surface area contributed by atoms with Crippen LogP contribution < -0.4 is 10.5 Å². The Morgan fingerprint density at radius 1 is 1.33 bits per heavy atom. The zero-order valence-corrected chi connectivity index (χ0v) is 9.17. The number of hydrogen-bond acceptors (Lipinski definition) is 4. The number of nitrogens with zero attached hydrogens (tertiary/aromatic N) is 2. The number of anilines is 1. The van der Waals surface area contributed by atoms with Crippen molar-refractivity contribution >= 4 is 28.3 Å². The van der Waals surface area contributed by atoms with Gasteiger partial charge >= 0.3 is 0 Å². The molecule has 2 rings (SSSR count). The molecule has 0 bridgehead atoms. The molecule has 1 aromatic carbocycles. The minimum atomic E-state index is 0.160. The van der Waals surface area contributed by atoms with E-state index in [1.54, 1.807) is 13.2 Å². The Hall–Kier alpha value is -1.55. The van der Waals surface area contributed by atoms with Crippen molar-refractivity contribution < 1.29 is 4.74 Å². The lowest BCUT2D eigenvalue weighted by Crippen LogP contribution is -1.97. The highest BCUT2D eigenvalue weighted by Crippen LogP contribution is 2.27. The number of aryl methyl sites for hydroxylation is 1.